The highest BCUT2D eigenvalue weighted by molar-refractivity contribution is 6.25. The molecule has 3 nitrogen and oxygen atoms in total. The Kier molecular flexibility index (Phi) is 2.39. The summed E-state index contributed by atoms with van der Waals surface area (Å²) in [4.78, 5) is 25.5. The molecule has 1 saturated heterocycles. The van der Waals surface area contributed by atoms with Crippen molar-refractivity contribution in [1.29, 1.82) is 0 Å². The monoisotopic (exact) mass is 275 g/mol. The van der Waals surface area contributed by atoms with Crippen LogP contribution in [0.2, 0.25) is 0 Å². The molecule has 0 unspecified atom stereocenters. The topological polar surface area (TPSA) is 37.4 Å². The van der Waals surface area contributed by atoms with Gasteiger partial charge in [-0.25, -0.2) is 0 Å². The number of carbonyl (C=O) groups excluding carboxylic acids is 2. The van der Waals surface area contributed by atoms with Gasteiger partial charge in [0.2, 0.25) is 0 Å². The fourth-order valence-corrected chi connectivity index (χ4v) is 3.03. The third-order valence-corrected chi connectivity index (χ3v) is 4.11. The Balaban J connectivity index is 1.98. The molecule has 2 amide bonds. The second kappa shape index (κ2) is 4.16. The zero-order valence-corrected chi connectivity index (χ0v) is 11.6. The number of imide groups is 1. The molecule has 21 heavy (non-hydrogen) atoms. The van der Waals surface area contributed by atoms with Crippen molar-refractivity contribution < 1.29 is 9.59 Å². The van der Waals surface area contributed by atoms with E-state index < -0.39 is 0 Å². The number of rotatable bonds is 0. The summed E-state index contributed by atoms with van der Waals surface area (Å²) in [7, 11) is 1.53. The minimum absolute atomic E-state index is 0.216. The van der Waals surface area contributed by atoms with Crippen LogP contribution in [-0.2, 0) is 9.59 Å². The first-order chi connectivity index (χ1) is 10.1. The van der Waals surface area contributed by atoms with Crippen molar-refractivity contribution in [3.63, 3.8) is 0 Å². The van der Waals surface area contributed by atoms with Gasteiger partial charge in [-0.2, -0.15) is 0 Å². The quantitative estimate of drug-likeness (QED) is 0.683. The molecule has 0 atom stereocenters. The second-order valence-corrected chi connectivity index (χ2v) is 5.53. The van der Waals surface area contributed by atoms with Crippen molar-refractivity contribution in [2.75, 3.05) is 7.05 Å². The van der Waals surface area contributed by atoms with Crippen molar-refractivity contribution in [3.05, 3.63) is 69.8 Å². The third kappa shape index (κ3) is 1.74. The Labute approximate surface area is 122 Å². The van der Waals surface area contributed by atoms with Crippen LogP contribution in [0.4, 0.5) is 0 Å². The molecule has 0 spiro atoms. The van der Waals surface area contributed by atoms with E-state index in [1.165, 1.54) is 11.9 Å². The normalized spacial score (nSPS) is 19.8. The van der Waals surface area contributed by atoms with Crippen molar-refractivity contribution in [3.8, 4) is 0 Å². The highest BCUT2D eigenvalue weighted by Crippen LogP contribution is 2.35. The molecule has 1 heterocycles. The lowest BCUT2D eigenvalue weighted by molar-refractivity contribution is -0.134. The molecular weight excluding hydrogens is 262 g/mol. The number of amides is 2. The van der Waals surface area contributed by atoms with Crippen molar-refractivity contribution in [1.82, 2.24) is 4.90 Å². The van der Waals surface area contributed by atoms with Crippen LogP contribution in [0.5, 0.6) is 0 Å². The summed E-state index contributed by atoms with van der Waals surface area (Å²) >= 11 is 0. The molecular formula is C18H13NO2. The lowest BCUT2D eigenvalue weighted by Crippen LogP contribution is -2.24. The second-order valence-electron chi connectivity index (χ2n) is 5.53. The van der Waals surface area contributed by atoms with Crippen LogP contribution in [0.3, 0.4) is 0 Å². The van der Waals surface area contributed by atoms with Gasteiger partial charge in [0.05, 0.1) is 11.1 Å². The average Bonchev–Trinajstić information content (AvgIpc) is 2.70. The van der Waals surface area contributed by atoms with Gasteiger partial charge in [-0.3, -0.25) is 14.5 Å². The predicted molar refractivity (Wildman–Crippen MR) is 81.0 cm³/mol. The number of benzene rings is 1. The highest BCUT2D eigenvalue weighted by Gasteiger charge is 2.37. The van der Waals surface area contributed by atoms with E-state index in [1.807, 2.05) is 24.3 Å². The molecule has 4 rings (SSSR count). The molecule has 1 fully saturated rings. The summed E-state index contributed by atoms with van der Waals surface area (Å²) in [6.07, 6.45) is 8.65. The minimum Gasteiger partial charge on any atom is -0.277 e. The van der Waals surface area contributed by atoms with Crippen LogP contribution in [0.25, 0.3) is 12.2 Å². The molecule has 102 valence electrons. The van der Waals surface area contributed by atoms with Crippen LogP contribution >= 0.6 is 0 Å². The largest absolute Gasteiger partial charge is 0.277 e. The highest BCUT2D eigenvalue weighted by atomic mass is 16.2. The van der Waals surface area contributed by atoms with Gasteiger partial charge in [-0.1, -0.05) is 36.4 Å². The Hall–Kier alpha value is -2.68. The molecule has 3 aliphatic rings. The van der Waals surface area contributed by atoms with E-state index in [-0.39, 0.29) is 11.8 Å². The standard InChI is InChI=1S/C18H13NO2/c1-19-17(20)15-9-11-6-12(10-16(15)18(19)21)8-14-5-3-2-4-13(14)7-11/h2-5,7-10H,6H2,1H3. The molecule has 1 aromatic rings. The number of fused-ring (bicyclic) bond motifs is 4. The SMILES string of the molecule is CN1C(=O)C2=CC3=Cc4ccccc4C=C(C=C2C1=O)C3. The number of carbonyl (C=O) groups is 2. The molecule has 1 aromatic carbocycles. The first-order valence-corrected chi connectivity index (χ1v) is 6.90. The lowest BCUT2D eigenvalue weighted by Gasteiger charge is -2.04. The molecule has 2 aliphatic carbocycles. The van der Waals surface area contributed by atoms with E-state index in [4.69, 9.17) is 0 Å². The molecule has 0 N–H and O–H groups in total. The van der Waals surface area contributed by atoms with Gasteiger partial charge in [0.25, 0.3) is 11.8 Å². The maximum atomic E-state index is 12.2. The zero-order chi connectivity index (χ0) is 14.6. The summed E-state index contributed by atoms with van der Waals surface area (Å²) in [6, 6.07) is 8.13. The first kappa shape index (κ1) is 12.1. The van der Waals surface area contributed by atoms with E-state index in [1.54, 1.807) is 0 Å². The maximum absolute atomic E-state index is 12.2. The van der Waals surface area contributed by atoms with Crippen LogP contribution in [0.1, 0.15) is 17.5 Å². The van der Waals surface area contributed by atoms with Gasteiger partial charge >= 0.3 is 0 Å². The number of likely N-dealkylation sites (N-methyl/N-ethyl adjacent to an activating group) is 1. The summed E-state index contributed by atoms with van der Waals surface area (Å²) in [6.45, 7) is 0. The third-order valence-electron chi connectivity index (χ3n) is 4.11. The van der Waals surface area contributed by atoms with E-state index in [9.17, 15) is 9.59 Å². The van der Waals surface area contributed by atoms with Gasteiger partial charge in [0.15, 0.2) is 0 Å². The molecule has 2 bridgehead atoms. The van der Waals surface area contributed by atoms with Crippen LogP contribution < -0.4 is 0 Å². The van der Waals surface area contributed by atoms with Crippen molar-refractivity contribution >= 4 is 24.0 Å². The van der Waals surface area contributed by atoms with Gasteiger partial charge < -0.3 is 0 Å². The summed E-state index contributed by atoms with van der Waals surface area (Å²) < 4.78 is 0. The Bertz CT molecular complexity index is 754. The lowest BCUT2D eigenvalue weighted by atomic mass is 10.0. The molecule has 1 aliphatic heterocycles. The Morgan fingerprint density at radius 3 is 1.76 bits per heavy atom. The Morgan fingerprint density at radius 1 is 0.810 bits per heavy atom. The number of hydrogen-bond acceptors (Lipinski definition) is 2. The number of likely N-dealkylation sites (tertiary alicyclic amines) is 1. The van der Waals surface area contributed by atoms with Crippen LogP contribution in [0.15, 0.2) is 58.7 Å². The minimum atomic E-state index is -0.216. The average molecular weight is 275 g/mol. The van der Waals surface area contributed by atoms with Crippen molar-refractivity contribution in [2.24, 2.45) is 0 Å². The Morgan fingerprint density at radius 2 is 1.29 bits per heavy atom. The van der Waals surface area contributed by atoms with Gasteiger partial charge in [0.1, 0.15) is 0 Å². The maximum Gasteiger partial charge on any atom is 0.261 e. The predicted octanol–water partition coefficient (Wildman–Crippen LogP) is 2.72. The zero-order valence-electron chi connectivity index (χ0n) is 11.6. The van der Waals surface area contributed by atoms with Crippen LogP contribution in [0, 0.1) is 0 Å². The van der Waals surface area contributed by atoms with E-state index in [0.29, 0.717) is 11.1 Å². The fourth-order valence-electron chi connectivity index (χ4n) is 3.03. The molecule has 0 saturated carbocycles. The van der Waals surface area contributed by atoms with E-state index in [2.05, 4.69) is 24.3 Å². The summed E-state index contributed by atoms with van der Waals surface area (Å²) in [5.41, 5.74) is 5.42. The smallest absolute Gasteiger partial charge is 0.261 e. The van der Waals surface area contributed by atoms with E-state index >= 15 is 0 Å². The number of hydrogen-bond donors (Lipinski definition) is 0. The fraction of sp³-hybridized carbons (Fsp3) is 0.111. The number of nitrogens with zero attached hydrogens (tertiary/aromatic N) is 1. The van der Waals surface area contributed by atoms with E-state index in [0.717, 1.165) is 28.7 Å². The molecule has 0 radical (unpaired) electrons. The summed E-state index contributed by atoms with van der Waals surface area (Å²) in [5.74, 6) is -0.431. The van der Waals surface area contributed by atoms with Gasteiger partial charge in [0, 0.05) is 7.05 Å². The van der Waals surface area contributed by atoms with Gasteiger partial charge in [-0.05, 0) is 40.8 Å². The summed E-state index contributed by atoms with van der Waals surface area (Å²) in [5, 5.41) is 0. The van der Waals surface area contributed by atoms with Gasteiger partial charge in [-0.15, -0.1) is 0 Å². The van der Waals surface area contributed by atoms with Crippen LogP contribution in [-0.4, -0.2) is 23.8 Å². The molecule has 0 aromatic heterocycles. The molecule has 3 heteroatoms. The number of allylic oxidation sites excluding steroid dienone is 4. The first-order valence-electron chi connectivity index (χ1n) is 6.90. The van der Waals surface area contributed by atoms with Crippen molar-refractivity contribution in [2.45, 2.75) is 6.42 Å².